The number of imidazole rings is 1. The maximum atomic E-state index is 14.4. The van der Waals surface area contributed by atoms with E-state index in [-0.39, 0.29) is 11.5 Å². The van der Waals surface area contributed by atoms with Gasteiger partial charge in [-0.3, -0.25) is 4.90 Å². The molecule has 28 heavy (non-hydrogen) atoms. The Kier molecular flexibility index (Phi) is 5.18. The summed E-state index contributed by atoms with van der Waals surface area (Å²) in [4.78, 5) is 9.89. The first kappa shape index (κ1) is 19.0. The number of sulfone groups is 1. The number of rotatable bonds is 6. The van der Waals surface area contributed by atoms with Gasteiger partial charge in [-0.05, 0) is 29.8 Å². The largest absolute Gasteiger partial charge is 0.366 e. The number of para-hydroxylation sites is 2. The Balaban J connectivity index is 1.34. The summed E-state index contributed by atoms with van der Waals surface area (Å²) in [6.07, 6.45) is -0.400. The van der Waals surface area contributed by atoms with Crippen molar-refractivity contribution >= 4 is 20.9 Å². The molecule has 1 aromatic heterocycles. The summed E-state index contributed by atoms with van der Waals surface area (Å²) in [5.74, 6) is 0.684. The number of alkyl halides is 1. The van der Waals surface area contributed by atoms with E-state index < -0.39 is 22.1 Å². The van der Waals surface area contributed by atoms with Gasteiger partial charge in [0.1, 0.15) is 24.7 Å². The van der Waals surface area contributed by atoms with Crippen molar-refractivity contribution in [3.8, 4) is 0 Å². The number of hydrogen-bond acceptors (Lipinski definition) is 5. The van der Waals surface area contributed by atoms with E-state index >= 15 is 0 Å². The number of aromatic amines is 1. The summed E-state index contributed by atoms with van der Waals surface area (Å²) in [6.45, 7) is 1.56. The first-order valence-electron chi connectivity index (χ1n) is 9.09. The van der Waals surface area contributed by atoms with Crippen molar-refractivity contribution in [2.75, 3.05) is 19.3 Å². The number of likely N-dealkylation sites (tertiary alicyclic amines) is 1. The number of fused-ring (bicyclic) bond motifs is 1. The number of hydrogen-bond donors (Lipinski definition) is 1. The van der Waals surface area contributed by atoms with Gasteiger partial charge in [0, 0.05) is 25.9 Å². The molecule has 1 N–H and O–H groups in total. The van der Waals surface area contributed by atoms with Crippen LogP contribution < -0.4 is 0 Å². The van der Waals surface area contributed by atoms with Crippen molar-refractivity contribution in [3.05, 3.63) is 59.9 Å². The molecule has 2 aromatic carbocycles. The van der Waals surface area contributed by atoms with E-state index in [9.17, 15) is 12.8 Å². The number of ether oxygens (including phenoxy) is 1. The quantitative estimate of drug-likeness (QED) is 0.685. The number of nitrogens with zero attached hydrogens (tertiary/aromatic N) is 2. The van der Waals surface area contributed by atoms with E-state index in [2.05, 4.69) is 9.97 Å². The van der Waals surface area contributed by atoms with Crippen LogP contribution >= 0.6 is 0 Å². The summed E-state index contributed by atoms with van der Waals surface area (Å²) < 4.78 is 43.2. The maximum absolute atomic E-state index is 14.4. The predicted octanol–water partition coefficient (Wildman–Crippen LogP) is 2.71. The number of halogens is 1. The molecule has 1 aliphatic rings. The lowest BCUT2D eigenvalue weighted by Crippen LogP contribution is -2.24. The van der Waals surface area contributed by atoms with Gasteiger partial charge in [-0.2, -0.15) is 0 Å². The fraction of sp³-hybridized carbons (Fsp3) is 0.350. The fourth-order valence-electron chi connectivity index (χ4n) is 3.45. The van der Waals surface area contributed by atoms with Gasteiger partial charge in [0.15, 0.2) is 9.84 Å². The molecule has 0 amide bonds. The van der Waals surface area contributed by atoms with Crippen molar-refractivity contribution < 1.29 is 17.5 Å². The van der Waals surface area contributed by atoms with Gasteiger partial charge in [0.25, 0.3) is 0 Å². The zero-order valence-electron chi connectivity index (χ0n) is 15.5. The average Bonchev–Trinajstić information content (AvgIpc) is 3.22. The van der Waals surface area contributed by atoms with E-state index in [1.165, 1.54) is 6.26 Å². The average molecular weight is 403 g/mol. The van der Waals surface area contributed by atoms with Crippen molar-refractivity contribution in [1.29, 1.82) is 0 Å². The molecule has 1 fully saturated rings. The van der Waals surface area contributed by atoms with Gasteiger partial charge in [0.2, 0.25) is 0 Å². The van der Waals surface area contributed by atoms with Crippen LogP contribution in [0.4, 0.5) is 4.39 Å². The lowest BCUT2D eigenvalue weighted by atomic mass is 10.2. The first-order valence-corrected chi connectivity index (χ1v) is 11.0. The molecule has 1 aliphatic heterocycles. The second kappa shape index (κ2) is 7.62. The van der Waals surface area contributed by atoms with E-state index in [0.717, 1.165) is 16.6 Å². The molecule has 0 spiro atoms. The van der Waals surface area contributed by atoms with Crippen LogP contribution in [0, 0.1) is 0 Å². The van der Waals surface area contributed by atoms with Gasteiger partial charge in [-0.25, -0.2) is 17.8 Å². The van der Waals surface area contributed by atoms with E-state index in [1.807, 2.05) is 29.2 Å². The SMILES string of the molecule is CS(=O)(=O)c1ccc(CN2C[C@@H](F)[C@@H](OCc3nc4ccccc4[nH]3)C2)cc1. The minimum Gasteiger partial charge on any atom is -0.366 e. The third-order valence-electron chi connectivity index (χ3n) is 4.90. The molecule has 8 heteroatoms. The Morgan fingerprint density at radius 3 is 2.64 bits per heavy atom. The molecule has 0 radical (unpaired) electrons. The van der Waals surface area contributed by atoms with Crippen LogP contribution in [0.2, 0.25) is 0 Å². The number of nitrogens with one attached hydrogen (secondary N) is 1. The zero-order chi connectivity index (χ0) is 19.7. The Morgan fingerprint density at radius 2 is 1.93 bits per heavy atom. The van der Waals surface area contributed by atoms with Gasteiger partial charge in [-0.1, -0.05) is 24.3 Å². The molecule has 0 saturated carbocycles. The Bertz CT molecular complexity index is 1030. The van der Waals surface area contributed by atoms with Crippen LogP contribution in [0.5, 0.6) is 0 Å². The topological polar surface area (TPSA) is 75.3 Å². The molecule has 2 atom stereocenters. The van der Waals surface area contributed by atoms with Crippen molar-refractivity contribution in [3.63, 3.8) is 0 Å². The normalized spacial score (nSPS) is 20.8. The van der Waals surface area contributed by atoms with Crippen LogP contribution in [0.3, 0.4) is 0 Å². The number of aromatic nitrogens is 2. The molecule has 0 bridgehead atoms. The van der Waals surface area contributed by atoms with E-state index in [4.69, 9.17) is 4.74 Å². The van der Waals surface area contributed by atoms with Gasteiger partial charge < -0.3 is 9.72 Å². The monoisotopic (exact) mass is 403 g/mol. The summed E-state index contributed by atoms with van der Waals surface area (Å²) >= 11 is 0. The highest BCUT2D eigenvalue weighted by atomic mass is 32.2. The molecule has 3 aromatic rings. The highest BCUT2D eigenvalue weighted by Crippen LogP contribution is 2.21. The maximum Gasteiger partial charge on any atom is 0.175 e. The molecule has 148 valence electrons. The molecule has 0 aliphatic carbocycles. The zero-order valence-corrected chi connectivity index (χ0v) is 16.3. The lowest BCUT2D eigenvalue weighted by molar-refractivity contribution is 0.00864. The van der Waals surface area contributed by atoms with Crippen molar-refractivity contribution in [2.45, 2.75) is 30.3 Å². The smallest absolute Gasteiger partial charge is 0.175 e. The highest BCUT2D eigenvalue weighted by molar-refractivity contribution is 7.90. The lowest BCUT2D eigenvalue weighted by Gasteiger charge is -2.16. The minimum absolute atomic E-state index is 0.233. The fourth-order valence-corrected chi connectivity index (χ4v) is 4.08. The molecule has 6 nitrogen and oxygen atoms in total. The van der Waals surface area contributed by atoms with E-state index in [0.29, 0.717) is 25.5 Å². The second-order valence-corrected chi connectivity index (χ2v) is 9.19. The van der Waals surface area contributed by atoms with Gasteiger partial charge >= 0.3 is 0 Å². The number of H-pyrrole nitrogens is 1. The predicted molar refractivity (Wildman–Crippen MR) is 104 cm³/mol. The molecule has 4 rings (SSSR count). The van der Waals surface area contributed by atoms with Crippen LogP contribution in [-0.2, 0) is 27.7 Å². The molecule has 1 saturated heterocycles. The number of benzene rings is 2. The van der Waals surface area contributed by atoms with Crippen LogP contribution in [0.15, 0.2) is 53.4 Å². The standard InChI is InChI=1S/C20H22FN3O3S/c1-28(25,26)15-8-6-14(7-9-15)10-24-11-16(21)19(12-24)27-13-20-22-17-4-2-3-5-18(17)23-20/h2-9,16,19H,10-13H2,1H3,(H,22,23)/t16-,19+/m1/s1. The third-order valence-corrected chi connectivity index (χ3v) is 6.03. The van der Waals surface area contributed by atoms with Crippen LogP contribution in [-0.4, -0.2) is 54.9 Å². The van der Waals surface area contributed by atoms with Gasteiger partial charge in [-0.15, -0.1) is 0 Å². The summed E-state index contributed by atoms with van der Waals surface area (Å²) in [5, 5.41) is 0. The van der Waals surface area contributed by atoms with Crippen LogP contribution in [0.1, 0.15) is 11.4 Å². The Labute approximate surface area is 163 Å². The third kappa shape index (κ3) is 4.24. The summed E-state index contributed by atoms with van der Waals surface area (Å²) in [7, 11) is -3.21. The Hall–Kier alpha value is -2.29. The molecular formula is C20H22FN3O3S. The van der Waals surface area contributed by atoms with Crippen molar-refractivity contribution in [1.82, 2.24) is 14.9 Å². The minimum atomic E-state index is -3.21. The molecular weight excluding hydrogens is 381 g/mol. The molecule has 2 heterocycles. The summed E-state index contributed by atoms with van der Waals surface area (Å²) in [5.41, 5.74) is 2.74. The van der Waals surface area contributed by atoms with Crippen LogP contribution in [0.25, 0.3) is 11.0 Å². The first-order chi connectivity index (χ1) is 13.4. The summed E-state index contributed by atoms with van der Waals surface area (Å²) in [6, 6.07) is 14.4. The van der Waals surface area contributed by atoms with Gasteiger partial charge in [0.05, 0.1) is 15.9 Å². The second-order valence-electron chi connectivity index (χ2n) is 7.18. The molecule has 0 unspecified atom stereocenters. The van der Waals surface area contributed by atoms with E-state index in [1.54, 1.807) is 24.3 Å². The van der Waals surface area contributed by atoms with Crippen molar-refractivity contribution in [2.24, 2.45) is 0 Å². The Morgan fingerprint density at radius 1 is 1.18 bits per heavy atom. The highest BCUT2D eigenvalue weighted by Gasteiger charge is 2.33.